The van der Waals surface area contributed by atoms with Gasteiger partial charge in [-0.05, 0) is 31.7 Å². The van der Waals surface area contributed by atoms with Crippen LogP contribution in [0.4, 0.5) is 0 Å². The van der Waals surface area contributed by atoms with Crippen LogP contribution in [0.1, 0.15) is 36.0 Å². The van der Waals surface area contributed by atoms with Gasteiger partial charge in [0.1, 0.15) is 5.82 Å². The second-order valence-electron chi connectivity index (χ2n) is 7.11. The zero-order chi connectivity index (χ0) is 17.9. The SMILES string of the molecule is O=C(c1ccccc1-c1ncc[nH]1)N1CCC[C@H](C(=O)N2CCCC2)C1. The molecule has 6 heteroatoms. The van der Waals surface area contributed by atoms with Crippen molar-refractivity contribution in [3.8, 4) is 11.4 Å². The summed E-state index contributed by atoms with van der Waals surface area (Å²) in [6.07, 6.45) is 7.37. The molecule has 0 spiro atoms. The molecule has 0 radical (unpaired) electrons. The minimum Gasteiger partial charge on any atom is -0.345 e. The summed E-state index contributed by atoms with van der Waals surface area (Å²) in [4.78, 5) is 37.1. The van der Waals surface area contributed by atoms with Crippen LogP contribution in [0, 0.1) is 5.92 Å². The molecule has 2 aliphatic heterocycles. The Morgan fingerprint density at radius 1 is 1.04 bits per heavy atom. The zero-order valence-corrected chi connectivity index (χ0v) is 14.9. The van der Waals surface area contributed by atoms with Gasteiger partial charge in [0.25, 0.3) is 5.91 Å². The van der Waals surface area contributed by atoms with E-state index in [9.17, 15) is 9.59 Å². The van der Waals surface area contributed by atoms with E-state index in [0.29, 0.717) is 24.5 Å². The number of aromatic amines is 1. The molecule has 6 nitrogen and oxygen atoms in total. The van der Waals surface area contributed by atoms with E-state index in [1.807, 2.05) is 34.1 Å². The Hall–Kier alpha value is -2.63. The van der Waals surface area contributed by atoms with E-state index in [1.54, 1.807) is 12.4 Å². The number of likely N-dealkylation sites (tertiary alicyclic amines) is 2. The standard InChI is InChI=1S/C20H24N4O2/c25-19(23-11-3-4-12-23)15-6-5-13-24(14-15)20(26)17-8-2-1-7-16(17)18-21-9-10-22-18/h1-2,7-10,15H,3-6,11-14H2,(H,21,22)/t15-/m0/s1. The number of benzene rings is 1. The first-order valence-corrected chi connectivity index (χ1v) is 9.41. The molecule has 0 bridgehead atoms. The molecular formula is C20H24N4O2. The molecule has 1 atom stereocenters. The van der Waals surface area contributed by atoms with Crippen LogP contribution >= 0.6 is 0 Å². The summed E-state index contributed by atoms with van der Waals surface area (Å²) in [5.41, 5.74) is 1.44. The molecule has 4 rings (SSSR count). The summed E-state index contributed by atoms with van der Waals surface area (Å²) >= 11 is 0. The molecule has 1 N–H and O–H groups in total. The fourth-order valence-electron chi connectivity index (χ4n) is 4.02. The van der Waals surface area contributed by atoms with Crippen molar-refractivity contribution in [1.29, 1.82) is 0 Å². The van der Waals surface area contributed by atoms with Crippen LogP contribution in [-0.2, 0) is 4.79 Å². The summed E-state index contributed by atoms with van der Waals surface area (Å²) in [7, 11) is 0. The number of carbonyl (C=O) groups is 2. The minimum absolute atomic E-state index is 0.0177. The monoisotopic (exact) mass is 352 g/mol. The zero-order valence-electron chi connectivity index (χ0n) is 14.9. The Morgan fingerprint density at radius 2 is 1.81 bits per heavy atom. The van der Waals surface area contributed by atoms with E-state index >= 15 is 0 Å². The Balaban J connectivity index is 1.52. The molecule has 3 heterocycles. The van der Waals surface area contributed by atoms with Crippen LogP contribution in [0.3, 0.4) is 0 Å². The Bertz CT molecular complexity index is 781. The second kappa shape index (κ2) is 7.32. The molecule has 2 amide bonds. The van der Waals surface area contributed by atoms with Crippen molar-refractivity contribution < 1.29 is 9.59 Å². The first-order chi connectivity index (χ1) is 12.7. The number of rotatable bonds is 3. The molecule has 26 heavy (non-hydrogen) atoms. The second-order valence-corrected chi connectivity index (χ2v) is 7.11. The van der Waals surface area contributed by atoms with Gasteiger partial charge in [-0.3, -0.25) is 9.59 Å². The predicted molar refractivity (Wildman–Crippen MR) is 98.5 cm³/mol. The molecule has 0 aliphatic carbocycles. The average molecular weight is 352 g/mol. The topological polar surface area (TPSA) is 69.3 Å². The lowest BCUT2D eigenvalue weighted by atomic mass is 9.95. The lowest BCUT2D eigenvalue weighted by Crippen LogP contribution is -2.46. The molecule has 1 aromatic heterocycles. The number of carbonyl (C=O) groups excluding carboxylic acids is 2. The van der Waals surface area contributed by atoms with Gasteiger partial charge in [0.05, 0.1) is 11.5 Å². The highest BCUT2D eigenvalue weighted by Crippen LogP contribution is 2.26. The average Bonchev–Trinajstić information content (AvgIpc) is 3.41. The summed E-state index contributed by atoms with van der Waals surface area (Å²) < 4.78 is 0. The fourth-order valence-corrected chi connectivity index (χ4v) is 4.02. The van der Waals surface area contributed by atoms with Gasteiger partial charge in [0.15, 0.2) is 0 Å². The third-order valence-electron chi connectivity index (χ3n) is 5.39. The van der Waals surface area contributed by atoms with Crippen molar-refractivity contribution in [2.24, 2.45) is 5.92 Å². The van der Waals surface area contributed by atoms with Gasteiger partial charge < -0.3 is 14.8 Å². The summed E-state index contributed by atoms with van der Waals surface area (Å²) in [5.74, 6) is 0.826. The summed E-state index contributed by atoms with van der Waals surface area (Å²) in [6.45, 7) is 2.95. The van der Waals surface area contributed by atoms with Crippen LogP contribution in [0.25, 0.3) is 11.4 Å². The first kappa shape index (κ1) is 16.8. The van der Waals surface area contributed by atoms with Crippen molar-refractivity contribution >= 4 is 11.8 Å². The number of amides is 2. The van der Waals surface area contributed by atoms with Gasteiger partial charge in [-0.25, -0.2) is 4.98 Å². The van der Waals surface area contributed by atoms with E-state index in [-0.39, 0.29) is 17.7 Å². The number of nitrogens with one attached hydrogen (secondary N) is 1. The van der Waals surface area contributed by atoms with Crippen molar-refractivity contribution in [3.05, 3.63) is 42.2 Å². The highest BCUT2D eigenvalue weighted by atomic mass is 16.2. The lowest BCUT2D eigenvalue weighted by Gasteiger charge is -2.34. The quantitative estimate of drug-likeness (QED) is 0.923. The van der Waals surface area contributed by atoms with E-state index in [0.717, 1.165) is 44.3 Å². The highest BCUT2D eigenvalue weighted by Gasteiger charge is 2.33. The Kier molecular flexibility index (Phi) is 4.73. The van der Waals surface area contributed by atoms with Gasteiger partial charge >= 0.3 is 0 Å². The third kappa shape index (κ3) is 3.23. The van der Waals surface area contributed by atoms with Crippen molar-refractivity contribution in [3.63, 3.8) is 0 Å². The van der Waals surface area contributed by atoms with Crippen LogP contribution in [0.2, 0.25) is 0 Å². The minimum atomic E-state index is -0.0680. The largest absolute Gasteiger partial charge is 0.345 e. The van der Waals surface area contributed by atoms with Crippen LogP contribution in [-0.4, -0.2) is 57.8 Å². The number of hydrogen-bond acceptors (Lipinski definition) is 3. The van der Waals surface area contributed by atoms with Gasteiger partial charge in [0.2, 0.25) is 5.91 Å². The molecule has 2 saturated heterocycles. The fraction of sp³-hybridized carbons (Fsp3) is 0.450. The van der Waals surface area contributed by atoms with Crippen LogP contribution < -0.4 is 0 Å². The van der Waals surface area contributed by atoms with E-state index < -0.39 is 0 Å². The molecule has 1 aromatic carbocycles. The van der Waals surface area contributed by atoms with Crippen molar-refractivity contribution in [1.82, 2.24) is 19.8 Å². The molecule has 0 unspecified atom stereocenters. The maximum atomic E-state index is 13.2. The van der Waals surface area contributed by atoms with E-state index in [2.05, 4.69) is 9.97 Å². The third-order valence-corrected chi connectivity index (χ3v) is 5.39. The number of imidazole rings is 1. The van der Waals surface area contributed by atoms with Gasteiger partial charge in [-0.1, -0.05) is 18.2 Å². The molecule has 2 fully saturated rings. The van der Waals surface area contributed by atoms with Crippen molar-refractivity contribution in [2.75, 3.05) is 26.2 Å². The normalized spacial score (nSPS) is 20.4. The maximum absolute atomic E-state index is 13.2. The lowest BCUT2D eigenvalue weighted by molar-refractivity contribution is -0.135. The highest BCUT2D eigenvalue weighted by molar-refractivity contribution is 6.00. The molecule has 0 saturated carbocycles. The molecular weight excluding hydrogens is 328 g/mol. The Morgan fingerprint density at radius 3 is 2.58 bits per heavy atom. The number of H-pyrrole nitrogens is 1. The smallest absolute Gasteiger partial charge is 0.254 e. The van der Waals surface area contributed by atoms with E-state index in [1.165, 1.54) is 0 Å². The van der Waals surface area contributed by atoms with Crippen LogP contribution in [0.5, 0.6) is 0 Å². The van der Waals surface area contributed by atoms with Gasteiger partial charge in [0, 0.05) is 44.1 Å². The van der Waals surface area contributed by atoms with Crippen molar-refractivity contribution in [2.45, 2.75) is 25.7 Å². The number of piperidine rings is 1. The number of aromatic nitrogens is 2. The van der Waals surface area contributed by atoms with E-state index in [4.69, 9.17) is 0 Å². The number of nitrogens with zero attached hydrogens (tertiary/aromatic N) is 3. The molecule has 2 aliphatic rings. The summed E-state index contributed by atoms with van der Waals surface area (Å²) in [6, 6.07) is 7.52. The molecule has 136 valence electrons. The molecule has 2 aromatic rings. The predicted octanol–water partition coefficient (Wildman–Crippen LogP) is 2.55. The van der Waals surface area contributed by atoms with Gasteiger partial charge in [-0.2, -0.15) is 0 Å². The first-order valence-electron chi connectivity index (χ1n) is 9.41. The van der Waals surface area contributed by atoms with Gasteiger partial charge in [-0.15, -0.1) is 0 Å². The maximum Gasteiger partial charge on any atom is 0.254 e. The Labute approximate surface area is 153 Å². The van der Waals surface area contributed by atoms with Crippen LogP contribution in [0.15, 0.2) is 36.7 Å². The number of hydrogen-bond donors (Lipinski definition) is 1. The summed E-state index contributed by atoms with van der Waals surface area (Å²) in [5, 5.41) is 0.